The average molecular weight is 487 g/mol. The van der Waals surface area contributed by atoms with Crippen LogP contribution in [0.1, 0.15) is 28.4 Å². The van der Waals surface area contributed by atoms with Crippen LogP contribution in [0.3, 0.4) is 0 Å². The molecule has 2 aromatic rings. The number of carbonyl (C=O) groups is 1. The van der Waals surface area contributed by atoms with Gasteiger partial charge in [0, 0.05) is 30.7 Å². The Morgan fingerprint density at radius 2 is 1.81 bits per heavy atom. The molecule has 0 unspecified atom stereocenters. The van der Waals surface area contributed by atoms with Crippen molar-refractivity contribution in [2.24, 2.45) is 4.99 Å². The van der Waals surface area contributed by atoms with E-state index in [9.17, 15) is 4.79 Å². The molecule has 5 nitrogen and oxygen atoms in total. The van der Waals surface area contributed by atoms with Gasteiger partial charge in [-0.25, -0.2) is 4.99 Å². The van der Waals surface area contributed by atoms with Crippen molar-refractivity contribution in [1.29, 1.82) is 0 Å². The van der Waals surface area contributed by atoms with Crippen LogP contribution in [-0.2, 0) is 13.1 Å². The first kappa shape index (κ1) is 22.2. The molecule has 3 N–H and O–H groups in total. The number of aliphatic imine (C=N–C) groups is 1. The highest BCUT2D eigenvalue weighted by Gasteiger charge is 2.04. The summed E-state index contributed by atoms with van der Waals surface area (Å²) in [5.41, 5.74) is 2.73. The van der Waals surface area contributed by atoms with E-state index in [1.54, 1.807) is 13.1 Å². The molecular weight excluding hydrogens is 463 g/mol. The molecule has 7 heteroatoms. The number of rotatable bonds is 6. The van der Waals surface area contributed by atoms with E-state index in [2.05, 4.69) is 20.9 Å². The number of nitrogens with one attached hydrogen (secondary N) is 3. The van der Waals surface area contributed by atoms with Crippen molar-refractivity contribution in [2.75, 3.05) is 13.6 Å². The molecule has 0 saturated heterocycles. The van der Waals surface area contributed by atoms with Crippen LogP contribution < -0.4 is 16.0 Å². The van der Waals surface area contributed by atoms with Crippen molar-refractivity contribution < 1.29 is 4.79 Å². The Hall–Kier alpha value is -1.80. The van der Waals surface area contributed by atoms with E-state index in [0.29, 0.717) is 18.7 Å². The summed E-state index contributed by atoms with van der Waals surface area (Å²) < 4.78 is 0. The number of nitrogens with zero attached hydrogens (tertiary/aromatic N) is 1. The molecule has 0 aliphatic carbocycles. The number of amides is 1. The minimum Gasteiger partial charge on any atom is -0.357 e. The van der Waals surface area contributed by atoms with Crippen molar-refractivity contribution in [2.45, 2.75) is 20.0 Å². The third kappa shape index (κ3) is 7.21. The third-order valence-corrected chi connectivity index (χ3v) is 3.81. The zero-order chi connectivity index (χ0) is 18.1. The van der Waals surface area contributed by atoms with Crippen LogP contribution in [0, 0.1) is 0 Å². The Balaban J connectivity index is 0.00000338. The minimum atomic E-state index is -0.0985. The molecule has 0 bridgehead atoms. The van der Waals surface area contributed by atoms with Gasteiger partial charge in [0.1, 0.15) is 0 Å². The predicted molar refractivity (Wildman–Crippen MR) is 118 cm³/mol. The maximum atomic E-state index is 11.7. The fourth-order valence-corrected chi connectivity index (χ4v) is 2.38. The standard InChI is InChI=1S/C19H23ClN4O.HI/c1-3-22-19(23-12-14-7-9-17(20)10-8-14)24-13-15-5-4-6-16(11-15)18(25)21-2;/h4-11H,3,12-13H2,1-2H3,(H,21,25)(H2,22,23,24);1H. The van der Waals surface area contributed by atoms with Gasteiger partial charge in [0.05, 0.1) is 6.54 Å². The molecule has 0 radical (unpaired) electrons. The normalized spacial score (nSPS) is 10.7. The SMILES string of the molecule is CCNC(=NCc1cccc(C(=O)NC)c1)NCc1ccc(Cl)cc1.I. The summed E-state index contributed by atoms with van der Waals surface area (Å²) in [7, 11) is 1.62. The topological polar surface area (TPSA) is 65.5 Å². The Morgan fingerprint density at radius 1 is 1.08 bits per heavy atom. The number of hydrogen-bond donors (Lipinski definition) is 3. The van der Waals surface area contributed by atoms with Crippen LogP contribution >= 0.6 is 35.6 Å². The van der Waals surface area contributed by atoms with Crippen LogP contribution in [0.15, 0.2) is 53.5 Å². The lowest BCUT2D eigenvalue weighted by Gasteiger charge is -2.11. The molecule has 0 spiro atoms. The average Bonchev–Trinajstić information content (AvgIpc) is 2.65. The van der Waals surface area contributed by atoms with E-state index in [1.165, 1.54) is 0 Å². The summed E-state index contributed by atoms with van der Waals surface area (Å²) in [5, 5.41) is 9.86. The summed E-state index contributed by atoms with van der Waals surface area (Å²) in [6, 6.07) is 15.2. The lowest BCUT2D eigenvalue weighted by Crippen LogP contribution is -2.36. The first-order chi connectivity index (χ1) is 12.1. The van der Waals surface area contributed by atoms with E-state index < -0.39 is 0 Å². The molecule has 0 atom stereocenters. The summed E-state index contributed by atoms with van der Waals surface area (Å²) in [6.07, 6.45) is 0. The molecule has 1 amide bonds. The third-order valence-electron chi connectivity index (χ3n) is 3.55. The van der Waals surface area contributed by atoms with Crippen molar-refractivity contribution in [3.63, 3.8) is 0 Å². The molecule has 0 aliphatic rings. The maximum absolute atomic E-state index is 11.7. The summed E-state index contributed by atoms with van der Waals surface area (Å²) >= 11 is 5.90. The van der Waals surface area contributed by atoms with Gasteiger partial charge in [0.15, 0.2) is 5.96 Å². The Labute approximate surface area is 176 Å². The highest BCUT2D eigenvalue weighted by molar-refractivity contribution is 14.0. The Bertz CT molecular complexity index is 735. The van der Waals surface area contributed by atoms with E-state index in [-0.39, 0.29) is 29.9 Å². The van der Waals surface area contributed by atoms with Crippen molar-refractivity contribution in [3.8, 4) is 0 Å². The van der Waals surface area contributed by atoms with Crippen LogP contribution in [-0.4, -0.2) is 25.5 Å². The minimum absolute atomic E-state index is 0. The second kappa shape index (κ2) is 11.7. The number of halogens is 2. The molecule has 0 aromatic heterocycles. The molecule has 2 rings (SSSR count). The van der Waals surface area contributed by atoms with Gasteiger partial charge in [-0.1, -0.05) is 35.9 Å². The lowest BCUT2D eigenvalue weighted by molar-refractivity contribution is 0.0963. The maximum Gasteiger partial charge on any atom is 0.251 e. The van der Waals surface area contributed by atoms with Gasteiger partial charge in [0.25, 0.3) is 5.91 Å². The first-order valence-corrected chi connectivity index (χ1v) is 8.57. The molecule has 0 saturated carbocycles. The van der Waals surface area contributed by atoms with Gasteiger partial charge in [-0.3, -0.25) is 4.79 Å². The Kier molecular flexibility index (Phi) is 10.0. The summed E-state index contributed by atoms with van der Waals surface area (Å²) in [5.74, 6) is 0.626. The Morgan fingerprint density at radius 3 is 2.46 bits per heavy atom. The van der Waals surface area contributed by atoms with Gasteiger partial charge in [-0.05, 0) is 42.3 Å². The van der Waals surface area contributed by atoms with Crippen molar-refractivity contribution in [1.82, 2.24) is 16.0 Å². The quantitative estimate of drug-likeness (QED) is 0.332. The number of guanidine groups is 1. The van der Waals surface area contributed by atoms with Crippen LogP contribution in [0.4, 0.5) is 0 Å². The van der Waals surface area contributed by atoms with Gasteiger partial charge < -0.3 is 16.0 Å². The fraction of sp³-hybridized carbons (Fsp3) is 0.263. The van der Waals surface area contributed by atoms with Gasteiger partial charge in [-0.15, -0.1) is 24.0 Å². The van der Waals surface area contributed by atoms with E-state index >= 15 is 0 Å². The van der Waals surface area contributed by atoms with E-state index in [4.69, 9.17) is 11.6 Å². The number of carbonyl (C=O) groups excluding carboxylic acids is 1. The molecule has 26 heavy (non-hydrogen) atoms. The number of benzene rings is 2. The zero-order valence-electron chi connectivity index (χ0n) is 14.9. The van der Waals surface area contributed by atoms with E-state index in [0.717, 1.165) is 28.7 Å². The van der Waals surface area contributed by atoms with Gasteiger partial charge in [-0.2, -0.15) is 0 Å². The largest absolute Gasteiger partial charge is 0.357 e. The van der Waals surface area contributed by atoms with E-state index in [1.807, 2.05) is 49.4 Å². The van der Waals surface area contributed by atoms with Gasteiger partial charge in [0.2, 0.25) is 0 Å². The highest BCUT2D eigenvalue weighted by atomic mass is 127. The van der Waals surface area contributed by atoms with Crippen LogP contribution in [0.2, 0.25) is 5.02 Å². The summed E-state index contributed by atoms with van der Waals surface area (Å²) in [6.45, 7) is 3.93. The molecule has 0 fully saturated rings. The molecule has 0 aliphatic heterocycles. The second-order valence-corrected chi connectivity index (χ2v) is 5.89. The first-order valence-electron chi connectivity index (χ1n) is 8.20. The number of hydrogen-bond acceptors (Lipinski definition) is 2. The molecule has 0 heterocycles. The lowest BCUT2D eigenvalue weighted by atomic mass is 10.1. The van der Waals surface area contributed by atoms with Crippen LogP contribution in [0.25, 0.3) is 0 Å². The molecule has 2 aromatic carbocycles. The smallest absolute Gasteiger partial charge is 0.251 e. The molecule has 140 valence electrons. The van der Waals surface area contributed by atoms with Crippen molar-refractivity contribution >= 4 is 47.4 Å². The van der Waals surface area contributed by atoms with Crippen LogP contribution in [0.5, 0.6) is 0 Å². The summed E-state index contributed by atoms with van der Waals surface area (Å²) in [4.78, 5) is 16.3. The fourth-order valence-electron chi connectivity index (χ4n) is 2.26. The van der Waals surface area contributed by atoms with Gasteiger partial charge >= 0.3 is 0 Å². The highest BCUT2D eigenvalue weighted by Crippen LogP contribution is 2.09. The van der Waals surface area contributed by atoms with Crippen molar-refractivity contribution in [3.05, 3.63) is 70.2 Å². The zero-order valence-corrected chi connectivity index (χ0v) is 18.0. The predicted octanol–water partition coefficient (Wildman–Crippen LogP) is 3.57. The monoisotopic (exact) mass is 486 g/mol. The molecular formula is C19H24ClIN4O. The second-order valence-electron chi connectivity index (χ2n) is 5.45.